The van der Waals surface area contributed by atoms with Gasteiger partial charge in [-0.15, -0.1) is 0 Å². The smallest absolute Gasteiger partial charge is 0.256 e. The van der Waals surface area contributed by atoms with Crippen LogP contribution in [0, 0.1) is 0 Å². The third-order valence-corrected chi connectivity index (χ3v) is 5.37. The number of thioether (sulfide) groups is 1. The summed E-state index contributed by atoms with van der Waals surface area (Å²) in [7, 11) is 0. The van der Waals surface area contributed by atoms with Gasteiger partial charge in [0.1, 0.15) is 0 Å². The van der Waals surface area contributed by atoms with E-state index in [-0.39, 0.29) is 12.0 Å². The summed E-state index contributed by atoms with van der Waals surface area (Å²) in [5, 5.41) is 0. The molecule has 0 radical (unpaired) electrons. The largest absolute Gasteiger partial charge is 0.398 e. The molecular weight excluding hydrogens is 284 g/mol. The molecule has 5 heteroatoms. The van der Waals surface area contributed by atoms with Crippen LogP contribution in [0.1, 0.15) is 29.6 Å². The normalized spacial score (nSPS) is 25.1. The quantitative estimate of drug-likeness (QED) is 0.868. The lowest BCUT2D eigenvalue weighted by Crippen LogP contribution is -2.44. The van der Waals surface area contributed by atoms with Gasteiger partial charge in [-0.25, -0.2) is 0 Å². The highest BCUT2D eigenvalue weighted by molar-refractivity contribution is 7.99. The van der Waals surface area contributed by atoms with E-state index >= 15 is 0 Å². The minimum absolute atomic E-state index is 0.0519. The summed E-state index contributed by atoms with van der Waals surface area (Å²) in [6.45, 7) is 1.51. The summed E-state index contributed by atoms with van der Waals surface area (Å²) in [5.74, 6) is 2.20. The Morgan fingerprint density at radius 3 is 2.90 bits per heavy atom. The summed E-state index contributed by atoms with van der Waals surface area (Å²) in [4.78, 5) is 14.9. The maximum absolute atomic E-state index is 12.9. The fraction of sp³-hybridized carbons (Fsp3) is 0.562. The van der Waals surface area contributed by atoms with E-state index < -0.39 is 0 Å². The number of carbonyl (C=O) groups excluding carboxylic acids is 1. The zero-order valence-electron chi connectivity index (χ0n) is 12.2. The molecule has 2 unspecified atom stereocenters. The molecule has 1 aromatic rings. The molecule has 2 aliphatic heterocycles. The van der Waals surface area contributed by atoms with E-state index in [9.17, 15) is 4.79 Å². The van der Waals surface area contributed by atoms with Crippen molar-refractivity contribution in [1.29, 1.82) is 0 Å². The number of nitrogens with two attached hydrogens (primary N) is 1. The Hall–Kier alpha value is -1.20. The molecule has 1 aromatic carbocycles. The number of ether oxygens (including phenoxy) is 1. The molecule has 4 nitrogen and oxygen atoms in total. The zero-order valence-corrected chi connectivity index (χ0v) is 13.0. The molecule has 0 saturated carbocycles. The first-order valence-corrected chi connectivity index (χ1v) is 8.76. The van der Waals surface area contributed by atoms with Crippen molar-refractivity contribution in [1.82, 2.24) is 4.90 Å². The van der Waals surface area contributed by atoms with Crippen molar-refractivity contribution >= 4 is 23.4 Å². The Bertz CT molecular complexity index is 497. The molecule has 0 aromatic heterocycles. The van der Waals surface area contributed by atoms with Gasteiger partial charge in [-0.2, -0.15) is 11.8 Å². The second-order valence-corrected chi connectivity index (χ2v) is 6.85. The number of nitrogen functional groups attached to an aromatic ring is 1. The van der Waals surface area contributed by atoms with Crippen LogP contribution in [0.15, 0.2) is 24.3 Å². The first-order valence-electron chi connectivity index (χ1n) is 7.60. The van der Waals surface area contributed by atoms with Crippen LogP contribution in [-0.2, 0) is 4.74 Å². The van der Waals surface area contributed by atoms with Gasteiger partial charge in [0.05, 0.1) is 11.7 Å². The van der Waals surface area contributed by atoms with Crippen LogP contribution in [0.5, 0.6) is 0 Å². The minimum Gasteiger partial charge on any atom is -0.398 e. The standard InChI is InChI=1S/C16H22N2O2S/c17-15-6-2-1-5-14(15)16(19)18(12-7-9-21-11-12)10-13-4-3-8-20-13/h1-2,5-6,12-13H,3-4,7-11,17H2. The summed E-state index contributed by atoms with van der Waals surface area (Å²) < 4.78 is 5.73. The molecule has 2 heterocycles. The highest BCUT2D eigenvalue weighted by atomic mass is 32.2. The van der Waals surface area contributed by atoms with E-state index in [1.807, 2.05) is 34.9 Å². The van der Waals surface area contributed by atoms with Gasteiger partial charge in [0, 0.05) is 30.6 Å². The van der Waals surface area contributed by atoms with Crippen molar-refractivity contribution in [2.75, 3.05) is 30.4 Å². The van der Waals surface area contributed by atoms with Gasteiger partial charge >= 0.3 is 0 Å². The van der Waals surface area contributed by atoms with Crippen molar-refractivity contribution in [3.8, 4) is 0 Å². The van der Waals surface area contributed by atoms with E-state index in [1.54, 1.807) is 6.07 Å². The Kier molecular flexibility index (Phi) is 4.70. The molecule has 2 fully saturated rings. The van der Waals surface area contributed by atoms with Crippen LogP contribution in [0.2, 0.25) is 0 Å². The highest BCUT2D eigenvalue weighted by Crippen LogP contribution is 2.27. The second kappa shape index (κ2) is 6.71. The number of para-hydroxylation sites is 1. The highest BCUT2D eigenvalue weighted by Gasteiger charge is 2.31. The second-order valence-electron chi connectivity index (χ2n) is 5.70. The Labute approximate surface area is 130 Å². The average molecular weight is 306 g/mol. The van der Waals surface area contributed by atoms with Crippen molar-refractivity contribution in [3.05, 3.63) is 29.8 Å². The summed E-state index contributed by atoms with van der Waals surface area (Å²) in [6, 6.07) is 7.66. The van der Waals surface area contributed by atoms with Crippen LogP contribution >= 0.6 is 11.8 Å². The van der Waals surface area contributed by atoms with E-state index in [0.717, 1.165) is 37.4 Å². The maximum atomic E-state index is 12.9. The monoisotopic (exact) mass is 306 g/mol. The zero-order chi connectivity index (χ0) is 14.7. The van der Waals surface area contributed by atoms with Gasteiger partial charge in [-0.05, 0) is 37.1 Å². The van der Waals surface area contributed by atoms with Crippen molar-refractivity contribution in [2.24, 2.45) is 0 Å². The Balaban J connectivity index is 1.79. The fourth-order valence-electron chi connectivity index (χ4n) is 3.02. The summed E-state index contributed by atoms with van der Waals surface area (Å²) in [5.41, 5.74) is 7.16. The molecular formula is C16H22N2O2S. The third kappa shape index (κ3) is 3.35. The first-order chi connectivity index (χ1) is 10.3. The molecule has 2 saturated heterocycles. The summed E-state index contributed by atoms with van der Waals surface area (Å²) >= 11 is 1.92. The van der Waals surface area contributed by atoms with Gasteiger partial charge in [-0.3, -0.25) is 4.79 Å². The fourth-order valence-corrected chi connectivity index (χ4v) is 4.24. The molecule has 21 heavy (non-hydrogen) atoms. The Morgan fingerprint density at radius 1 is 1.38 bits per heavy atom. The van der Waals surface area contributed by atoms with Crippen LogP contribution in [0.25, 0.3) is 0 Å². The third-order valence-electron chi connectivity index (χ3n) is 4.22. The topological polar surface area (TPSA) is 55.6 Å². The molecule has 0 spiro atoms. The predicted octanol–water partition coefficient (Wildman–Crippen LogP) is 2.40. The lowest BCUT2D eigenvalue weighted by Gasteiger charge is -2.31. The van der Waals surface area contributed by atoms with E-state index in [4.69, 9.17) is 10.5 Å². The van der Waals surface area contributed by atoms with E-state index in [1.165, 1.54) is 0 Å². The summed E-state index contributed by atoms with van der Waals surface area (Å²) in [6.07, 6.45) is 3.40. The van der Waals surface area contributed by atoms with Crippen molar-refractivity contribution in [2.45, 2.75) is 31.4 Å². The molecule has 0 bridgehead atoms. The van der Waals surface area contributed by atoms with Gasteiger partial charge in [-0.1, -0.05) is 12.1 Å². The number of nitrogens with zero attached hydrogens (tertiary/aromatic N) is 1. The first kappa shape index (κ1) is 14.7. The van der Waals surface area contributed by atoms with Crippen LogP contribution in [0.3, 0.4) is 0 Å². The lowest BCUT2D eigenvalue weighted by atomic mass is 10.1. The number of amides is 1. The van der Waals surface area contributed by atoms with Crippen molar-refractivity contribution in [3.63, 3.8) is 0 Å². The molecule has 2 atom stereocenters. The Morgan fingerprint density at radius 2 is 2.24 bits per heavy atom. The van der Waals surface area contributed by atoms with Gasteiger partial charge in [0.25, 0.3) is 5.91 Å². The van der Waals surface area contributed by atoms with Crippen LogP contribution < -0.4 is 5.73 Å². The van der Waals surface area contributed by atoms with Gasteiger partial charge in [0.15, 0.2) is 0 Å². The van der Waals surface area contributed by atoms with Gasteiger partial charge in [0.2, 0.25) is 0 Å². The lowest BCUT2D eigenvalue weighted by molar-refractivity contribution is 0.0442. The number of hydrogen-bond donors (Lipinski definition) is 1. The predicted molar refractivity (Wildman–Crippen MR) is 86.6 cm³/mol. The number of rotatable bonds is 4. The SMILES string of the molecule is Nc1ccccc1C(=O)N(CC1CCCO1)C1CCSC1. The molecule has 114 valence electrons. The van der Waals surface area contributed by atoms with E-state index in [0.29, 0.717) is 23.8 Å². The number of carbonyl (C=O) groups is 1. The molecule has 3 rings (SSSR count). The number of anilines is 1. The van der Waals surface area contributed by atoms with Crippen LogP contribution in [-0.4, -0.2) is 47.6 Å². The number of benzene rings is 1. The van der Waals surface area contributed by atoms with Gasteiger partial charge < -0.3 is 15.4 Å². The molecule has 1 amide bonds. The number of hydrogen-bond acceptors (Lipinski definition) is 4. The molecule has 2 aliphatic rings. The minimum atomic E-state index is 0.0519. The molecule has 2 N–H and O–H groups in total. The van der Waals surface area contributed by atoms with E-state index in [2.05, 4.69) is 0 Å². The van der Waals surface area contributed by atoms with Crippen LogP contribution in [0.4, 0.5) is 5.69 Å². The average Bonchev–Trinajstić information content (AvgIpc) is 3.18. The van der Waals surface area contributed by atoms with Crippen molar-refractivity contribution < 1.29 is 9.53 Å². The maximum Gasteiger partial charge on any atom is 0.256 e. The molecule has 0 aliphatic carbocycles.